The summed E-state index contributed by atoms with van der Waals surface area (Å²) in [5.74, 6) is -0.647. The Hall–Kier alpha value is -2.67. The second-order valence-corrected chi connectivity index (χ2v) is 9.98. The third-order valence-corrected chi connectivity index (χ3v) is 7.64. The molecule has 1 aliphatic carbocycles. The first-order valence-electron chi connectivity index (χ1n) is 10.3. The molecule has 1 saturated carbocycles. The molecule has 6 nitrogen and oxygen atoms in total. The van der Waals surface area contributed by atoms with Gasteiger partial charge in [0, 0.05) is 5.69 Å². The molecular formula is C23H26N2O4S. The van der Waals surface area contributed by atoms with Crippen molar-refractivity contribution in [3.05, 3.63) is 59.2 Å². The van der Waals surface area contributed by atoms with Crippen LogP contribution in [0.4, 0.5) is 5.69 Å². The average molecular weight is 427 g/mol. The van der Waals surface area contributed by atoms with Gasteiger partial charge in [0.15, 0.2) is 0 Å². The average Bonchev–Trinajstić information content (AvgIpc) is 2.96. The molecule has 2 amide bonds. The minimum Gasteiger partial charge on any atom is -0.280 e. The Morgan fingerprint density at radius 1 is 0.933 bits per heavy atom. The van der Waals surface area contributed by atoms with Crippen LogP contribution in [-0.2, 0) is 26.2 Å². The van der Waals surface area contributed by atoms with Gasteiger partial charge in [-0.15, -0.1) is 0 Å². The summed E-state index contributed by atoms with van der Waals surface area (Å²) < 4.78 is 28.6. The molecule has 0 bridgehead atoms. The predicted octanol–water partition coefficient (Wildman–Crippen LogP) is 3.78. The number of nitrogens with one attached hydrogen (secondary N) is 1. The highest BCUT2D eigenvalue weighted by atomic mass is 32.2. The lowest BCUT2D eigenvalue weighted by Crippen LogP contribution is -2.30. The fourth-order valence-corrected chi connectivity index (χ4v) is 5.79. The van der Waals surface area contributed by atoms with E-state index in [2.05, 4.69) is 4.72 Å². The zero-order valence-electron chi connectivity index (χ0n) is 17.2. The third kappa shape index (κ3) is 3.86. The smallest absolute Gasteiger partial charge is 0.262 e. The lowest BCUT2D eigenvalue weighted by molar-refractivity contribution is -0.140. The Morgan fingerprint density at radius 2 is 1.53 bits per heavy atom. The highest BCUT2D eigenvalue weighted by Crippen LogP contribution is 2.38. The summed E-state index contributed by atoms with van der Waals surface area (Å²) in [6, 6.07) is 12.2. The number of benzene rings is 2. The van der Waals surface area contributed by atoms with Crippen LogP contribution in [0, 0.1) is 25.7 Å². The number of amides is 2. The maximum absolute atomic E-state index is 13.0. The van der Waals surface area contributed by atoms with E-state index in [1.54, 1.807) is 37.3 Å². The second-order valence-electron chi connectivity index (χ2n) is 8.33. The molecule has 2 aromatic carbocycles. The van der Waals surface area contributed by atoms with Gasteiger partial charge in [-0.2, -0.15) is 0 Å². The highest BCUT2D eigenvalue weighted by Gasteiger charge is 2.47. The topological polar surface area (TPSA) is 83.6 Å². The number of rotatable bonds is 5. The van der Waals surface area contributed by atoms with Gasteiger partial charge in [0.05, 0.1) is 23.3 Å². The summed E-state index contributed by atoms with van der Waals surface area (Å²) in [7, 11) is -3.80. The lowest BCUT2D eigenvalue weighted by atomic mass is 9.81. The number of sulfonamides is 1. The molecule has 1 N–H and O–H groups in total. The van der Waals surface area contributed by atoms with Gasteiger partial charge in [0.1, 0.15) is 0 Å². The summed E-state index contributed by atoms with van der Waals surface area (Å²) in [6.07, 6.45) is 3.48. The molecule has 0 unspecified atom stereocenters. The molecule has 0 spiro atoms. The minimum atomic E-state index is -3.80. The van der Waals surface area contributed by atoms with Crippen LogP contribution >= 0.6 is 0 Å². The van der Waals surface area contributed by atoms with Crippen molar-refractivity contribution in [1.29, 1.82) is 0 Å². The van der Waals surface area contributed by atoms with E-state index in [9.17, 15) is 18.0 Å². The molecule has 1 saturated heterocycles. The normalized spacial score (nSPS) is 21.6. The van der Waals surface area contributed by atoms with Crippen LogP contribution in [-0.4, -0.2) is 25.1 Å². The molecule has 2 aliphatic rings. The predicted molar refractivity (Wildman–Crippen MR) is 114 cm³/mol. The first-order chi connectivity index (χ1) is 14.3. The number of carbonyl (C=O) groups excluding carboxylic acids is 2. The van der Waals surface area contributed by atoms with Gasteiger partial charge in [-0.1, -0.05) is 42.7 Å². The molecule has 0 aromatic heterocycles. The van der Waals surface area contributed by atoms with E-state index in [4.69, 9.17) is 0 Å². The van der Waals surface area contributed by atoms with Gasteiger partial charge in [-0.25, -0.2) is 8.42 Å². The van der Waals surface area contributed by atoms with E-state index in [0.29, 0.717) is 16.8 Å². The van der Waals surface area contributed by atoms with Crippen LogP contribution in [0.15, 0.2) is 47.4 Å². The number of likely N-dealkylation sites (tertiary alicyclic amines) is 1. The first-order valence-corrected chi connectivity index (χ1v) is 11.8. The Labute approximate surface area is 177 Å². The van der Waals surface area contributed by atoms with Crippen LogP contribution < -0.4 is 4.72 Å². The third-order valence-electron chi connectivity index (χ3n) is 6.12. The molecule has 4 rings (SSSR count). The van der Waals surface area contributed by atoms with Crippen molar-refractivity contribution in [3.8, 4) is 0 Å². The van der Waals surface area contributed by atoms with Crippen LogP contribution in [0.5, 0.6) is 0 Å². The summed E-state index contributed by atoms with van der Waals surface area (Å²) in [5, 5.41) is 0. The summed E-state index contributed by atoms with van der Waals surface area (Å²) in [5.41, 5.74) is 2.76. The fourth-order valence-electron chi connectivity index (χ4n) is 4.43. The maximum Gasteiger partial charge on any atom is 0.262 e. The quantitative estimate of drug-likeness (QED) is 0.738. The van der Waals surface area contributed by atoms with Gasteiger partial charge >= 0.3 is 0 Å². The standard InChI is InChI=1S/C23H26N2O4S/c1-15-7-11-18(12-8-15)24-30(28,29)21-13-17(10-9-16(21)2)14-25-22(26)19-5-3-4-6-20(19)23(25)27/h7-13,19-20,24H,3-6,14H2,1-2H3/t19-,20+. The van der Waals surface area contributed by atoms with Gasteiger partial charge < -0.3 is 0 Å². The number of hydrogen-bond donors (Lipinski definition) is 1. The molecule has 1 heterocycles. The van der Waals surface area contributed by atoms with Crippen molar-refractivity contribution in [2.45, 2.75) is 51.0 Å². The Balaban J connectivity index is 1.58. The van der Waals surface area contributed by atoms with Gasteiger partial charge in [-0.05, 0) is 56.0 Å². The number of fused-ring (bicyclic) bond motifs is 1. The zero-order chi connectivity index (χ0) is 21.5. The van der Waals surface area contributed by atoms with Crippen molar-refractivity contribution in [2.24, 2.45) is 11.8 Å². The van der Waals surface area contributed by atoms with Crippen molar-refractivity contribution in [1.82, 2.24) is 4.90 Å². The van der Waals surface area contributed by atoms with Gasteiger partial charge in [-0.3, -0.25) is 19.2 Å². The molecule has 2 atom stereocenters. The van der Waals surface area contributed by atoms with E-state index in [1.807, 2.05) is 19.1 Å². The molecule has 30 heavy (non-hydrogen) atoms. The van der Waals surface area contributed by atoms with Crippen LogP contribution in [0.2, 0.25) is 0 Å². The minimum absolute atomic E-state index is 0.109. The first kappa shape index (κ1) is 20.6. The van der Waals surface area contributed by atoms with E-state index < -0.39 is 10.0 Å². The number of imide groups is 1. The lowest BCUT2D eigenvalue weighted by Gasteiger charge is -2.19. The SMILES string of the molecule is Cc1ccc(NS(=O)(=O)c2cc(CN3C(=O)[C@H]4CCCC[C@H]4C3=O)ccc2C)cc1. The van der Waals surface area contributed by atoms with Crippen molar-refractivity contribution in [2.75, 3.05) is 4.72 Å². The number of nitrogens with zero attached hydrogens (tertiary/aromatic N) is 1. The maximum atomic E-state index is 13.0. The number of hydrogen-bond acceptors (Lipinski definition) is 4. The van der Waals surface area contributed by atoms with Crippen molar-refractivity contribution in [3.63, 3.8) is 0 Å². The molecule has 7 heteroatoms. The highest BCUT2D eigenvalue weighted by molar-refractivity contribution is 7.92. The Morgan fingerprint density at radius 3 is 2.13 bits per heavy atom. The molecule has 2 fully saturated rings. The number of anilines is 1. The van der Waals surface area contributed by atoms with Crippen LogP contribution in [0.1, 0.15) is 42.4 Å². The van der Waals surface area contributed by atoms with Crippen LogP contribution in [0.3, 0.4) is 0 Å². The largest absolute Gasteiger partial charge is 0.280 e. The second kappa shape index (κ2) is 7.87. The number of carbonyl (C=O) groups is 2. The molecular weight excluding hydrogens is 400 g/mol. The van der Waals surface area contributed by atoms with Gasteiger partial charge in [0.25, 0.3) is 10.0 Å². The van der Waals surface area contributed by atoms with E-state index >= 15 is 0 Å². The molecule has 2 aromatic rings. The summed E-state index contributed by atoms with van der Waals surface area (Å²) >= 11 is 0. The molecule has 158 valence electrons. The van der Waals surface area contributed by atoms with Crippen molar-refractivity contribution < 1.29 is 18.0 Å². The Kier molecular flexibility index (Phi) is 5.40. The fraction of sp³-hybridized carbons (Fsp3) is 0.391. The molecule has 1 aliphatic heterocycles. The van der Waals surface area contributed by atoms with E-state index in [-0.39, 0.29) is 35.1 Å². The molecule has 0 radical (unpaired) electrons. The number of aryl methyl sites for hydroxylation is 2. The van der Waals surface area contributed by atoms with Gasteiger partial charge in [0.2, 0.25) is 11.8 Å². The Bertz CT molecular complexity index is 1070. The monoisotopic (exact) mass is 426 g/mol. The summed E-state index contributed by atoms with van der Waals surface area (Å²) in [4.78, 5) is 27.0. The summed E-state index contributed by atoms with van der Waals surface area (Å²) in [6.45, 7) is 3.77. The van der Waals surface area contributed by atoms with E-state index in [0.717, 1.165) is 31.2 Å². The van der Waals surface area contributed by atoms with Crippen molar-refractivity contribution >= 4 is 27.5 Å². The van der Waals surface area contributed by atoms with Crippen LogP contribution in [0.25, 0.3) is 0 Å². The van der Waals surface area contributed by atoms with E-state index in [1.165, 1.54) is 4.90 Å². The zero-order valence-corrected chi connectivity index (χ0v) is 18.0.